The predicted molar refractivity (Wildman–Crippen MR) is 82.0 cm³/mol. The summed E-state index contributed by atoms with van der Waals surface area (Å²) in [7, 11) is 0. The maximum atomic E-state index is 12.1. The molecule has 0 bridgehead atoms. The third kappa shape index (κ3) is 3.70. The van der Waals surface area contributed by atoms with Crippen LogP contribution in [0.25, 0.3) is 6.08 Å². The molecule has 1 atom stereocenters. The maximum absolute atomic E-state index is 12.1. The van der Waals surface area contributed by atoms with E-state index in [1.807, 2.05) is 30.3 Å². The third-order valence-electron chi connectivity index (χ3n) is 3.55. The van der Waals surface area contributed by atoms with Crippen molar-refractivity contribution in [2.75, 3.05) is 13.1 Å². The SMILES string of the molecule is CC(=O)N1C=Cc2ccccc2C1CC(=O)NCCCN. The molecule has 0 aliphatic carbocycles. The molecule has 0 aromatic heterocycles. The number of nitrogens with one attached hydrogen (secondary N) is 1. The molecular weight excluding hydrogens is 266 g/mol. The normalized spacial score (nSPS) is 16.5. The Balaban J connectivity index is 2.15. The molecule has 0 spiro atoms. The molecule has 1 aromatic carbocycles. The average molecular weight is 287 g/mol. The van der Waals surface area contributed by atoms with Crippen molar-refractivity contribution in [1.82, 2.24) is 10.2 Å². The number of carbonyl (C=O) groups excluding carboxylic acids is 2. The molecule has 5 heteroatoms. The van der Waals surface area contributed by atoms with Gasteiger partial charge in [-0.25, -0.2) is 0 Å². The Hall–Kier alpha value is -2.14. The molecule has 1 heterocycles. The molecular formula is C16H21N3O2. The van der Waals surface area contributed by atoms with Gasteiger partial charge in [0, 0.05) is 19.7 Å². The summed E-state index contributed by atoms with van der Waals surface area (Å²) in [6, 6.07) is 7.58. The summed E-state index contributed by atoms with van der Waals surface area (Å²) in [5.41, 5.74) is 7.47. The molecule has 1 aliphatic heterocycles. The number of nitrogens with zero attached hydrogens (tertiary/aromatic N) is 1. The van der Waals surface area contributed by atoms with Gasteiger partial charge in [0.15, 0.2) is 0 Å². The first-order chi connectivity index (χ1) is 10.1. The van der Waals surface area contributed by atoms with E-state index in [1.54, 1.807) is 11.1 Å². The summed E-state index contributed by atoms with van der Waals surface area (Å²) in [6.45, 7) is 2.63. The third-order valence-corrected chi connectivity index (χ3v) is 3.55. The molecule has 0 saturated heterocycles. The van der Waals surface area contributed by atoms with Gasteiger partial charge in [0.05, 0.1) is 12.5 Å². The molecule has 0 saturated carbocycles. The number of fused-ring (bicyclic) bond motifs is 1. The first-order valence-corrected chi connectivity index (χ1v) is 7.16. The highest BCUT2D eigenvalue weighted by Gasteiger charge is 2.27. The van der Waals surface area contributed by atoms with Gasteiger partial charge in [-0.3, -0.25) is 9.59 Å². The zero-order valence-electron chi connectivity index (χ0n) is 12.2. The Labute approximate surface area is 124 Å². The summed E-state index contributed by atoms with van der Waals surface area (Å²) in [5.74, 6) is -0.134. The minimum Gasteiger partial charge on any atom is -0.356 e. The van der Waals surface area contributed by atoms with E-state index >= 15 is 0 Å². The van der Waals surface area contributed by atoms with Gasteiger partial charge in [-0.15, -0.1) is 0 Å². The monoisotopic (exact) mass is 287 g/mol. The van der Waals surface area contributed by atoms with Crippen LogP contribution in [0.2, 0.25) is 0 Å². The predicted octanol–water partition coefficient (Wildman–Crippen LogP) is 1.42. The van der Waals surface area contributed by atoms with E-state index in [0.717, 1.165) is 17.5 Å². The van der Waals surface area contributed by atoms with Crippen molar-refractivity contribution in [1.29, 1.82) is 0 Å². The molecule has 112 valence electrons. The average Bonchev–Trinajstić information content (AvgIpc) is 2.47. The van der Waals surface area contributed by atoms with E-state index in [4.69, 9.17) is 5.73 Å². The van der Waals surface area contributed by atoms with Gasteiger partial charge in [0.1, 0.15) is 0 Å². The van der Waals surface area contributed by atoms with Crippen molar-refractivity contribution in [3.63, 3.8) is 0 Å². The highest BCUT2D eigenvalue weighted by Crippen LogP contribution is 2.32. The molecule has 0 radical (unpaired) electrons. The van der Waals surface area contributed by atoms with E-state index in [1.165, 1.54) is 6.92 Å². The number of carbonyl (C=O) groups is 2. The summed E-state index contributed by atoms with van der Waals surface area (Å²) < 4.78 is 0. The second-order valence-corrected chi connectivity index (χ2v) is 5.08. The number of nitrogens with two attached hydrogens (primary N) is 1. The van der Waals surface area contributed by atoms with Gasteiger partial charge in [0.2, 0.25) is 11.8 Å². The quantitative estimate of drug-likeness (QED) is 0.804. The molecule has 1 aliphatic rings. The van der Waals surface area contributed by atoms with E-state index < -0.39 is 0 Å². The van der Waals surface area contributed by atoms with Crippen molar-refractivity contribution in [3.05, 3.63) is 41.6 Å². The van der Waals surface area contributed by atoms with Crippen LogP contribution in [-0.2, 0) is 9.59 Å². The summed E-state index contributed by atoms with van der Waals surface area (Å²) >= 11 is 0. The summed E-state index contributed by atoms with van der Waals surface area (Å²) in [4.78, 5) is 25.5. The Morgan fingerprint density at radius 3 is 2.81 bits per heavy atom. The van der Waals surface area contributed by atoms with Gasteiger partial charge in [0.25, 0.3) is 0 Å². The van der Waals surface area contributed by atoms with Crippen LogP contribution in [-0.4, -0.2) is 29.8 Å². The van der Waals surface area contributed by atoms with Crippen molar-refractivity contribution >= 4 is 17.9 Å². The second kappa shape index (κ2) is 7.04. The zero-order valence-corrected chi connectivity index (χ0v) is 12.2. The molecule has 5 nitrogen and oxygen atoms in total. The summed E-state index contributed by atoms with van der Waals surface area (Å²) in [5, 5.41) is 2.84. The maximum Gasteiger partial charge on any atom is 0.223 e. The zero-order chi connectivity index (χ0) is 15.2. The largest absolute Gasteiger partial charge is 0.356 e. The molecule has 1 aromatic rings. The van der Waals surface area contributed by atoms with Gasteiger partial charge in [-0.1, -0.05) is 24.3 Å². The molecule has 3 N–H and O–H groups in total. The molecule has 0 fully saturated rings. The Kier molecular flexibility index (Phi) is 5.11. The van der Waals surface area contributed by atoms with Crippen molar-refractivity contribution in [2.24, 2.45) is 5.73 Å². The summed E-state index contributed by atoms with van der Waals surface area (Å²) in [6.07, 6.45) is 4.66. The highest BCUT2D eigenvalue weighted by atomic mass is 16.2. The van der Waals surface area contributed by atoms with E-state index in [0.29, 0.717) is 13.1 Å². The standard InChI is InChI=1S/C16H21N3O2/c1-12(20)19-10-7-13-5-2-3-6-14(13)15(19)11-16(21)18-9-4-8-17/h2-3,5-7,10,15H,4,8-9,11,17H2,1H3,(H,18,21). The van der Waals surface area contributed by atoms with E-state index in [9.17, 15) is 9.59 Å². The number of hydrogen-bond donors (Lipinski definition) is 2. The van der Waals surface area contributed by atoms with Crippen LogP contribution in [0.1, 0.15) is 36.9 Å². The highest BCUT2D eigenvalue weighted by molar-refractivity contribution is 5.81. The topological polar surface area (TPSA) is 75.4 Å². The number of amides is 2. The van der Waals surface area contributed by atoms with Crippen molar-refractivity contribution in [2.45, 2.75) is 25.8 Å². The van der Waals surface area contributed by atoms with Gasteiger partial charge >= 0.3 is 0 Å². The molecule has 1 unspecified atom stereocenters. The fourth-order valence-electron chi connectivity index (χ4n) is 2.49. The van der Waals surface area contributed by atoms with Crippen LogP contribution in [0.4, 0.5) is 0 Å². The van der Waals surface area contributed by atoms with Crippen LogP contribution in [0, 0.1) is 0 Å². The van der Waals surface area contributed by atoms with Gasteiger partial charge in [-0.05, 0) is 30.2 Å². The Morgan fingerprint density at radius 1 is 1.33 bits per heavy atom. The van der Waals surface area contributed by atoms with Crippen LogP contribution < -0.4 is 11.1 Å². The first-order valence-electron chi connectivity index (χ1n) is 7.16. The minimum absolute atomic E-state index is 0.0650. The second-order valence-electron chi connectivity index (χ2n) is 5.08. The minimum atomic E-state index is -0.249. The van der Waals surface area contributed by atoms with Crippen LogP contribution in [0.15, 0.2) is 30.5 Å². The van der Waals surface area contributed by atoms with Gasteiger partial charge < -0.3 is 16.0 Å². The molecule has 21 heavy (non-hydrogen) atoms. The fourth-order valence-corrected chi connectivity index (χ4v) is 2.49. The number of benzene rings is 1. The van der Waals surface area contributed by atoms with Crippen molar-refractivity contribution in [3.8, 4) is 0 Å². The lowest BCUT2D eigenvalue weighted by Crippen LogP contribution is -2.35. The Bertz CT molecular complexity index is 554. The first kappa shape index (κ1) is 15.3. The van der Waals surface area contributed by atoms with Gasteiger partial charge in [-0.2, -0.15) is 0 Å². The Morgan fingerprint density at radius 2 is 2.10 bits per heavy atom. The number of hydrogen-bond acceptors (Lipinski definition) is 3. The van der Waals surface area contributed by atoms with Crippen LogP contribution in [0.5, 0.6) is 0 Å². The number of rotatable bonds is 5. The smallest absolute Gasteiger partial charge is 0.223 e. The van der Waals surface area contributed by atoms with E-state index in [2.05, 4.69) is 5.32 Å². The molecule has 2 amide bonds. The van der Waals surface area contributed by atoms with Crippen LogP contribution in [0.3, 0.4) is 0 Å². The lowest BCUT2D eigenvalue weighted by molar-refractivity contribution is -0.129. The van der Waals surface area contributed by atoms with E-state index in [-0.39, 0.29) is 24.3 Å². The van der Waals surface area contributed by atoms with Crippen LogP contribution >= 0.6 is 0 Å². The van der Waals surface area contributed by atoms with Crippen molar-refractivity contribution < 1.29 is 9.59 Å². The lowest BCUT2D eigenvalue weighted by Gasteiger charge is -2.32. The lowest BCUT2D eigenvalue weighted by atomic mass is 9.93. The fraction of sp³-hybridized carbons (Fsp3) is 0.375. The molecule has 2 rings (SSSR count).